The van der Waals surface area contributed by atoms with E-state index in [4.69, 9.17) is 9.15 Å². The van der Waals surface area contributed by atoms with Crippen LogP contribution >= 0.6 is 0 Å². The Bertz CT molecular complexity index is 841. The van der Waals surface area contributed by atoms with Gasteiger partial charge in [-0.1, -0.05) is 12.1 Å². The predicted octanol–water partition coefficient (Wildman–Crippen LogP) is 1.73. The summed E-state index contributed by atoms with van der Waals surface area (Å²) < 4.78 is 23.9. The van der Waals surface area contributed by atoms with Gasteiger partial charge in [0.05, 0.1) is 12.2 Å². The Morgan fingerprint density at radius 3 is 2.89 bits per heavy atom. The number of hydrogen-bond donors (Lipinski definition) is 0. The Kier molecular flexibility index (Phi) is 4.65. The molecule has 1 aromatic carbocycles. The molecule has 4 rings (SSSR count). The number of hydrogen-bond acceptors (Lipinski definition) is 5. The highest BCUT2D eigenvalue weighted by Crippen LogP contribution is 2.45. The molecule has 7 nitrogen and oxygen atoms in total. The summed E-state index contributed by atoms with van der Waals surface area (Å²) in [5.41, 5.74) is 0.737. The van der Waals surface area contributed by atoms with Crippen LogP contribution in [0.1, 0.15) is 22.2 Å². The Labute approximate surface area is 155 Å². The minimum absolute atomic E-state index is 0.0219. The van der Waals surface area contributed by atoms with E-state index in [2.05, 4.69) is 4.98 Å². The number of ether oxygens (including phenoxy) is 1. The van der Waals surface area contributed by atoms with E-state index in [1.54, 1.807) is 15.9 Å². The molecular weight excluding hydrogens is 353 g/mol. The van der Waals surface area contributed by atoms with Crippen molar-refractivity contribution in [2.75, 3.05) is 33.4 Å². The van der Waals surface area contributed by atoms with Gasteiger partial charge >= 0.3 is 0 Å². The number of amides is 2. The molecule has 8 heteroatoms. The monoisotopic (exact) mass is 373 g/mol. The van der Waals surface area contributed by atoms with Crippen LogP contribution in [0.25, 0.3) is 0 Å². The van der Waals surface area contributed by atoms with Crippen LogP contribution in [0, 0.1) is 17.7 Å². The summed E-state index contributed by atoms with van der Waals surface area (Å²) in [5, 5.41) is 0. The smallest absolute Gasteiger partial charge is 0.291 e. The van der Waals surface area contributed by atoms with Crippen LogP contribution in [0.2, 0.25) is 0 Å². The van der Waals surface area contributed by atoms with Crippen LogP contribution in [0.15, 0.2) is 41.3 Å². The van der Waals surface area contributed by atoms with Crippen molar-refractivity contribution in [2.45, 2.75) is 6.04 Å². The van der Waals surface area contributed by atoms with E-state index < -0.39 is 0 Å². The van der Waals surface area contributed by atoms with Crippen molar-refractivity contribution in [3.8, 4) is 0 Å². The van der Waals surface area contributed by atoms with E-state index in [-0.39, 0.29) is 47.9 Å². The van der Waals surface area contributed by atoms with E-state index in [1.165, 1.54) is 31.8 Å². The van der Waals surface area contributed by atoms with Crippen molar-refractivity contribution in [2.24, 2.45) is 11.8 Å². The molecule has 2 fully saturated rings. The summed E-state index contributed by atoms with van der Waals surface area (Å²) in [6, 6.07) is 6.01. The summed E-state index contributed by atoms with van der Waals surface area (Å²) in [5.74, 6) is -0.346. The van der Waals surface area contributed by atoms with E-state index in [1.807, 2.05) is 6.07 Å². The number of benzene rings is 1. The van der Waals surface area contributed by atoms with Crippen molar-refractivity contribution < 1.29 is 23.1 Å². The predicted molar refractivity (Wildman–Crippen MR) is 92.1 cm³/mol. The highest BCUT2D eigenvalue weighted by atomic mass is 19.1. The van der Waals surface area contributed by atoms with E-state index in [9.17, 15) is 14.0 Å². The lowest BCUT2D eigenvalue weighted by atomic mass is 9.89. The molecule has 0 radical (unpaired) electrons. The van der Waals surface area contributed by atoms with Gasteiger partial charge in [0.15, 0.2) is 6.39 Å². The first-order valence-corrected chi connectivity index (χ1v) is 8.80. The molecule has 0 bridgehead atoms. The Hall–Kier alpha value is -2.74. The zero-order valence-corrected chi connectivity index (χ0v) is 14.9. The van der Waals surface area contributed by atoms with E-state index in [0.29, 0.717) is 19.6 Å². The summed E-state index contributed by atoms with van der Waals surface area (Å²) in [4.78, 5) is 32.4. The number of oxazole rings is 1. The van der Waals surface area contributed by atoms with E-state index >= 15 is 0 Å². The summed E-state index contributed by atoms with van der Waals surface area (Å²) in [7, 11) is 1.48. The first-order valence-electron chi connectivity index (χ1n) is 8.80. The van der Waals surface area contributed by atoms with Gasteiger partial charge in [0.2, 0.25) is 11.7 Å². The van der Waals surface area contributed by atoms with Gasteiger partial charge in [0.1, 0.15) is 12.4 Å². The SMILES string of the molecule is COCC(=O)N1C[C@H]2CN(C(=O)c3cnco3)C[C@H]2[C@@H]1c1cccc(F)c1. The second-order valence-electron chi connectivity index (χ2n) is 6.98. The van der Waals surface area contributed by atoms with Crippen LogP contribution in [0.5, 0.6) is 0 Å². The third kappa shape index (κ3) is 3.21. The second-order valence-corrected chi connectivity index (χ2v) is 6.98. The van der Waals surface area contributed by atoms with Crippen LogP contribution in [-0.2, 0) is 9.53 Å². The van der Waals surface area contributed by atoms with Crippen molar-refractivity contribution >= 4 is 11.8 Å². The largest absolute Gasteiger partial charge is 0.438 e. The van der Waals surface area contributed by atoms with Gasteiger partial charge in [-0.3, -0.25) is 9.59 Å². The van der Waals surface area contributed by atoms with Gasteiger partial charge in [0, 0.05) is 38.6 Å². The first kappa shape index (κ1) is 17.7. The van der Waals surface area contributed by atoms with Crippen molar-refractivity contribution in [1.29, 1.82) is 0 Å². The average Bonchev–Trinajstić information content (AvgIpc) is 3.37. The lowest BCUT2D eigenvalue weighted by Crippen LogP contribution is -2.38. The van der Waals surface area contributed by atoms with Crippen LogP contribution in [0.4, 0.5) is 4.39 Å². The fourth-order valence-corrected chi connectivity index (χ4v) is 4.27. The van der Waals surface area contributed by atoms with Gasteiger partial charge in [0.25, 0.3) is 5.91 Å². The standard InChI is InChI=1S/C19H20FN3O4/c1-26-10-17(24)23-8-13-7-22(19(25)16-6-21-11-27-16)9-15(13)18(23)12-3-2-4-14(20)5-12/h2-6,11,13,15,18H,7-10H2,1H3/t13-,15-,18+/m1/s1. The molecule has 0 unspecified atom stereocenters. The normalized spacial score (nSPS) is 24.3. The van der Waals surface area contributed by atoms with E-state index in [0.717, 1.165) is 5.56 Å². The number of nitrogens with zero attached hydrogens (tertiary/aromatic N) is 3. The minimum Gasteiger partial charge on any atom is -0.438 e. The van der Waals surface area contributed by atoms with Gasteiger partial charge in [-0.15, -0.1) is 0 Å². The molecule has 2 amide bonds. The molecule has 2 aliphatic rings. The number of fused-ring (bicyclic) bond motifs is 1. The minimum atomic E-state index is -0.345. The molecule has 2 aromatic rings. The fraction of sp³-hybridized carbons (Fsp3) is 0.421. The maximum Gasteiger partial charge on any atom is 0.291 e. The molecule has 2 aliphatic heterocycles. The lowest BCUT2D eigenvalue weighted by molar-refractivity contribution is -0.136. The van der Waals surface area contributed by atoms with Crippen LogP contribution < -0.4 is 0 Å². The van der Waals surface area contributed by atoms with Crippen LogP contribution in [0.3, 0.4) is 0 Å². The Balaban J connectivity index is 1.61. The third-order valence-electron chi connectivity index (χ3n) is 5.37. The molecule has 0 saturated carbocycles. The zero-order chi connectivity index (χ0) is 19.0. The maximum atomic E-state index is 13.8. The number of methoxy groups -OCH3 is 1. The van der Waals surface area contributed by atoms with Gasteiger partial charge in [-0.25, -0.2) is 9.37 Å². The van der Waals surface area contributed by atoms with Gasteiger partial charge < -0.3 is 19.0 Å². The van der Waals surface area contributed by atoms with Crippen molar-refractivity contribution in [3.05, 3.63) is 54.0 Å². The first-order chi connectivity index (χ1) is 13.1. The summed E-state index contributed by atoms with van der Waals surface area (Å²) in [6.45, 7) is 1.48. The van der Waals surface area contributed by atoms with Crippen molar-refractivity contribution in [1.82, 2.24) is 14.8 Å². The number of carbonyl (C=O) groups is 2. The number of carbonyl (C=O) groups excluding carboxylic acids is 2. The van der Waals surface area contributed by atoms with Gasteiger partial charge in [-0.05, 0) is 17.7 Å². The Morgan fingerprint density at radius 1 is 1.33 bits per heavy atom. The summed E-state index contributed by atoms with van der Waals surface area (Å²) in [6.07, 6.45) is 2.62. The highest BCUT2D eigenvalue weighted by Gasteiger charge is 2.50. The molecule has 0 spiro atoms. The maximum absolute atomic E-state index is 13.8. The number of halogens is 1. The molecule has 0 N–H and O–H groups in total. The molecule has 142 valence electrons. The van der Waals surface area contributed by atoms with Crippen LogP contribution in [-0.4, -0.2) is 59.9 Å². The highest BCUT2D eigenvalue weighted by molar-refractivity contribution is 5.91. The number of likely N-dealkylation sites (tertiary alicyclic amines) is 2. The third-order valence-corrected chi connectivity index (χ3v) is 5.37. The fourth-order valence-electron chi connectivity index (χ4n) is 4.27. The van der Waals surface area contributed by atoms with Gasteiger partial charge in [-0.2, -0.15) is 0 Å². The second kappa shape index (κ2) is 7.11. The molecule has 1 aromatic heterocycles. The molecular formula is C19H20FN3O4. The zero-order valence-electron chi connectivity index (χ0n) is 14.9. The molecule has 2 saturated heterocycles. The average molecular weight is 373 g/mol. The Morgan fingerprint density at radius 2 is 2.19 bits per heavy atom. The summed E-state index contributed by atoms with van der Waals surface area (Å²) >= 11 is 0. The number of aromatic nitrogens is 1. The molecule has 27 heavy (non-hydrogen) atoms. The molecule has 3 atom stereocenters. The molecule has 0 aliphatic carbocycles. The number of rotatable bonds is 4. The topological polar surface area (TPSA) is 75.9 Å². The van der Waals surface area contributed by atoms with Crippen molar-refractivity contribution in [3.63, 3.8) is 0 Å². The quantitative estimate of drug-likeness (QED) is 0.816. The lowest BCUT2D eigenvalue weighted by Gasteiger charge is -2.29. The molecule has 3 heterocycles.